The molecule has 158 valence electrons. The van der Waals surface area contributed by atoms with Crippen LogP contribution in [0.1, 0.15) is 27.9 Å². The van der Waals surface area contributed by atoms with Gasteiger partial charge in [0, 0.05) is 11.1 Å². The van der Waals surface area contributed by atoms with Gasteiger partial charge in [0.2, 0.25) is 0 Å². The van der Waals surface area contributed by atoms with E-state index in [9.17, 15) is 0 Å². The van der Waals surface area contributed by atoms with Crippen LogP contribution in [0.2, 0.25) is 0 Å². The summed E-state index contributed by atoms with van der Waals surface area (Å²) in [6, 6.07) is 26.0. The molecule has 1 nitrogen and oxygen atoms in total. The van der Waals surface area contributed by atoms with Crippen LogP contribution in [0, 0.1) is 34.6 Å². The van der Waals surface area contributed by atoms with Gasteiger partial charge in [-0.05, 0) is 31.2 Å². The second-order valence-electron chi connectivity index (χ2n) is 7.73. The van der Waals surface area contributed by atoms with Crippen molar-refractivity contribution >= 4 is 21.7 Å². The number of benzene rings is 2. The molecule has 1 heterocycles. The molecule has 0 bridgehead atoms. The number of aryl methyl sites for hydroxylation is 3. The van der Waals surface area contributed by atoms with Crippen molar-refractivity contribution in [2.24, 2.45) is 0 Å². The molecular formula is C27H27Cl2NZr. The van der Waals surface area contributed by atoms with Crippen LogP contribution in [0.3, 0.4) is 0 Å². The number of rotatable bonds is 1. The quantitative estimate of drug-likeness (QED) is 0.291. The first-order valence-electron chi connectivity index (χ1n) is 9.89. The molecular weight excluding hydrogens is 500 g/mol. The molecule has 0 amide bonds. The van der Waals surface area contributed by atoms with Crippen molar-refractivity contribution in [3.63, 3.8) is 0 Å². The van der Waals surface area contributed by atoms with E-state index in [2.05, 4.69) is 112 Å². The third kappa shape index (κ3) is 5.25. The molecule has 5 rings (SSSR count). The molecule has 0 radical (unpaired) electrons. The Bertz CT molecular complexity index is 1220. The van der Waals surface area contributed by atoms with Crippen LogP contribution >= 0.6 is 0 Å². The zero-order valence-corrected chi connectivity index (χ0v) is 22.6. The van der Waals surface area contributed by atoms with Gasteiger partial charge in [-0.25, -0.2) is 6.07 Å². The summed E-state index contributed by atoms with van der Waals surface area (Å²) in [4.78, 5) is 0. The van der Waals surface area contributed by atoms with E-state index in [-0.39, 0.29) is 51.0 Å². The van der Waals surface area contributed by atoms with Gasteiger partial charge in [0.1, 0.15) is 0 Å². The van der Waals surface area contributed by atoms with Gasteiger partial charge in [-0.2, -0.15) is 22.8 Å². The third-order valence-corrected chi connectivity index (χ3v) is 6.05. The minimum absolute atomic E-state index is 0. The molecule has 0 saturated carbocycles. The number of aromatic nitrogens is 1. The summed E-state index contributed by atoms with van der Waals surface area (Å²) >= 11 is 0. The largest absolute Gasteiger partial charge is 4.00 e. The minimum Gasteiger partial charge on any atom is -1.00 e. The van der Waals surface area contributed by atoms with E-state index in [0.29, 0.717) is 0 Å². The van der Waals surface area contributed by atoms with Gasteiger partial charge < -0.3 is 29.4 Å². The molecule has 0 unspecified atom stereocenters. The minimum atomic E-state index is 0. The van der Waals surface area contributed by atoms with Crippen molar-refractivity contribution in [3.8, 4) is 5.69 Å². The second kappa shape index (κ2) is 11.3. The standard InChI is InChI=1S/C19H16N.C8H11.2ClH.Zr/c1-13-14(2)20(19-10-6-5-9-18(13)19)17-11-15-7-3-4-8-16(15)12-17;1-6-4-5-7(2)8(6)3;;;/h3-12H,1-2H3;4-5H,1-3H3;2*1H;/q2*-1;;;+4/p-2. The Hall–Kier alpha value is -1.60. The average Bonchev–Trinajstić information content (AvgIpc) is 3.34. The van der Waals surface area contributed by atoms with Crippen molar-refractivity contribution in [2.45, 2.75) is 34.6 Å². The molecule has 31 heavy (non-hydrogen) atoms. The number of hydrogen-bond donors (Lipinski definition) is 0. The average molecular weight is 528 g/mol. The van der Waals surface area contributed by atoms with E-state index >= 15 is 0 Å². The number of fused-ring (bicyclic) bond motifs is 2. The van der Waals surface area contributed by atoms with Gasteiger partial charge in [0.15, 0.2) is 0 Å². The first kappa shape index (κ1) is 27.4. The van der Waals surface area contributed by atoms with E-state index < -0.39 is 0 Å². The van der Waals surface area contributed by atoms with Crippen LogP contribution in [-0.2, 0) is 26.2 Å². The molecule has 0 spiro atoms. The summed E-state index contributed by atoms with van der Waals surface area (Å²) in [6.45, 7) is 10.8. The Kier molecular flexibility index (Phi) is 10.0. The third-order valence-electron chi connectivity index (χ3n) is 6.05. The summed E-state index contributed by atoms with van der Waals surface area (Å²) in [6.07, 6.45) is 0. The Balaban J connectivity index is 0.000000378. The van der Waals surface area contributed by atoms with Crippen LogP contribution in [0.15, 0.2) is 72.8 Å². The molecule has 0 fully saturated rings. The molecule has 0 aliphatic carbocycles. The molecule has 1 aromatic heterocycles. The first-order chi connectivity index (χ1) is 13.5. The van der Waals surface area contributed by atoms with Crippen molar-refractivity contribution in [2.75, 3.05) is 0 Å². The maximum absolute atomic E-state index is 2.37. The fraction of sp³-hybridized carbons (Fsp3) is 0.185. The fourth-order valence-electron chi connectivity index (χ4n) is 3.94. The van der Waals surface area contributed by atoms with Crippen molar-refractivity contribution < 1.29 is 51.0 Å². The van der Waals surface area contributed by atoms with Gasteiger partial charge >= 0.3 is 26.2 Å². The topological polar surface area (TPSA) is 4.93 Å². The molecule has 5 aromatic rings. The monoisotopic (exact) mass is 525 g/mol. The molecule has 0 saturated heterocycles. The Morgan fingerprint density at radius 1 is 0.839 bits per heavy atom. The fourth-order valence-corrected chi connectivity index (χ4v) is 3.94. The summed E-state index contributed by atoms with van der Waals surface area (Å²) < 4.78 is 2.37. The molecule has 0 aliphatic heterocycles. The van der Waals surface area contributed by atoms with Crippen LogP contribution < -0.4 is 24.8 Å². The van der Waals surface area contributed by atoms with Crippen LogP contribution in [0.5, 0.6) is 0 Å². The van der Waals surface area contributed by atoms with Gasteiger partial charge in [-0.15, -0.1) is 41.1 Å². The van der Waals surface area contributed by atoms with Crippen molar-refractivity contribution in [1.82, 2.24) is 4.57 Å². The van der Waals surface area contributed by atoms with E-state index in [1.165, 1.54) is 55.3 Å². The van der Waals surface area contributed by atoms with Gasteiger partial charge in [0.05, 0.1) is 5.52 Å². The Morgan fingerprint density at radius 2 is 1.48 bits per heavy atom. The Labute approximate surface area is 217 Å². The van der Waals surface area contributed by atoms with Crippen LogP contribution in [-0.4, -0.2) is 4.57 Å². The molecule has 0 atom stereocenters. The maximum Gasteiger partial charge on any atom is 4.00 e. The van der Waals surface area contributed by atoms with Gasteiger partial charge in [-0.3, -0.25) is 0 Å². The maximum atomic E-state index is 2.37. The second-order valence-corrected chi connectivity index (χ2v) is 7.73. The first-order valence-corrected chi connectivity index (χ1v) is 9.89. The number of halogens is 2. The molecule has 4 heteroatoms. The number of hydrogen-bond acceptors (Lipinski definition) is 0. The van der Waals surface area contributed by atoms with E-state index in [1.807, 2.05) is 0 Å². The number of nitrogens with zero attached hydrogens (tertiary/aromatic N) is 1. The normalized spacial score (nSPS) is 9.97. The number of para-hydroxylation sites is 1. The smallest absolute Gasteiger partial charge is 1.00 e. The summed E-state index contributed by atoms with van der Waals surface area (Å²) in [5, 5.41) is 3.95. The van der Waals surface area contributed by atoms with Crippen LogP contribution in [0.4, 0.5) is 0 Å². The van der Waals surface area contributed by atoms with Crippen molar-refractivity contribution in [3.05, 3.63) is 101 Å². The van der Waals surface area contributed by atoms with Gasteiger partial charge in [-0.1, -0.05) is 45.0 Å². The predicted molar refractivity (Wildman–Crippen MR) is 122 cm³/mol. The van der Waals surface area contributed by atoms with E-state index in [4.69, 9.17) is 0 Å². The Morgan fingerprint density at radius 3 is 2.06 bits per heavy atom. The summed E-state index contributed by atoms with van der Waals surface area (Å²) in [5.74, 6) is 0. The van der Waals surface area contributed by atoms with E-state index in [1.54, 1.807) is 0 Å². The molecule has 0 aliphatic rings. The predicted octanol–water partition coefficient (Wildman–Crippen LogP) is 1.46. The van der Waals surface area contributed by atoms with E-state index in [0.717, 1.165) is 0 Å². The van der Waals surface area contributed by atoms with Gasteiger partial charge in [0.25, 0.3) is 0 Å². The molecule has 0 N–H and O–H groups in total. The SMILES string of the molecule is Cc1c(C)n(-c2cc3ccccc3[cH-]2)c2ccccc12.Cc1cc[c-](C)c1C.[Cl-].[Cl-].[Zr+4]. The van der Waals surface area contributed by atoms with Crippen LogP contribution in [0.25, 0.3) is 27.4 Å². The van der Waals surface area contributed by atoms with Crippen molar-refractivity contribution in [1.29, 1.82) is 0 Å². The zero-order chi connectivity index (χ0) is 19.8. The molecule has 4 aromatic carbocycles. The summed E-state index contributed by atoms with van der Waals surface area (Å²) in [7, 11) is 0. The zero-order valence-electron chi connectivity index (χ0n) is 18.6. The summed E-state index contributed by atoms with van der Waals surface area (Å²) in [5.41, 5.74) is 9.48.